The van der Waals surface area contributed by atoms with E-state index in [9.17, 15) is 14.7 Å². The van der Waals surface area contributed by atoms with Crippen molar-refractivity contribution in [2.24, 2.45) is 5.41 Å². The molecule has 0 heterocycles. The number of nitrogens with one attached hydrogen (secondary N) is 1. The van der Waals surface area contributed by atoms with Crippen LogP contribution in [0.4, 0.5) is 5.69 Å². The number of benzene rings is 1. The fraction of sp³-hybridized carbons (Fsp3) is 0.500. The Morgan fingerprint density at radius 2 is 2.00 bits per heavy atom. The van der Waals surface area contributed by atoms with Crippen LogP contribution in [0.15, 0.2) is 18.2 Å². The number of methoxy groups -OCH3 is 1. The summed E-state index contributed by atoms with van der Waals surface area (Å²) in [5.41, 5.74) is 0.376. The third-order valence-electron chi connectivity index (χ3n) is 4.58. The highest BCUT2D eigenvalue weighted by molar-refractivity contribution is 5.93. The van der Waals surface area contributed by atoms with Gasteiger partial charge in [-0.1, -0.05) is 19.3 Å². The van der Waals surface area contributed by atoms with Crippen molar-refractivity contribution in [1.82, 2.24) is 0 Å². The predicted molar refractivity (Wildman–Crippen MR) is 88.7 cm³/mol. The molecule has 0 aromatic heterocycles. The Labute approximate surface area is 141 Å². The fourth-order valence-electron chi connectivity index (χ4n) is 3.45. The van der Waals surface area contributed by atoms with Crippen molar-refractivity contribution in [3.8, 4) is 11.8 Å². The number of carboxylic acids is 1. The largest absolute Gasteiger partial charge is 0.495 e. The van der Waals surface area contributed by atoms with E-state index in [4.69, 9.17) is 10.00 Å². The normalized spacial score (nSPS) is 16.0. The molecular formula is C18H22N2O4. The number of anilines is 1. The summed E-state index contributed by atoms with van der Waals surface area (Å²) in [7, 11) is 1.49. The summed E-state index contributed by atoms with van der Waals surface area (Å²) >= 11 is 0. The minimum Gasteiger partial charge on any atom is -0.495 e. The molecule has 1 aliphatic carbocycles. The number of hydrogen-bond donors (Lipinski definition) is 2. The van der Waals surface area contributed by atoms with E-state index in [1.807, 2.05) is 6.07 Å². The zero-order valence-electron chi connectivity index (χ0n) is 13.8. The minimum absolute atomic E-state index is 0.00971. The highest BCUT2D eigenvalue weighted by atomic mass is 16.5. The summed E-state index contributed by atoms with van der Waals surface area (Å²) in [6.07, 6.45) is 4.67. The van der Waals surface area contributed by atoms with Gasteiger partial charge in [0, 0.05) is 6.42 Å². The molecule has 1 saturated carbocycles. The zero-order chi connectivity index (χ0) is 17.6. The molecule has 0 unspecified atom stereocenters. The van der Waals surface area contributed by atoms with Gasteiger partial charge in [-0.15, -0.1) is 0 Å². The van der Waals surface area contributed by atoms with Gasteiger partial charge in [0.1, 0.15) is 5.75 Å². The molecular weight excluding hydrogens is 308 g/mol. The van der Waals surface area contributed by atoms with E-state index >= 15 is 0 Å². The van der Waals surface area contributed by atoms with Gasteiger partial charge in [0.05, 0.1) is 30.9 Å². The van der Waals surface area contributed by atoms with Crippen molar-refractivity contribution >= 4 is 17.6 Å². The van der Waals surface area contributed by atoms with Gasteiger partial charge >= 0.3 is 5.97 Å². The number of carbonyl (C=O) groups is 2. The molecule has 2 N–H and O–H groups in total. The van der Waals surface area contributed by atoms with Crippen molar-refractivity contribution in [3.63, 3.8) is 0 Å². The second-order valence-corrected chi connectivity index (χ2v) is 6.38. The van der Waals surface area contributed by atoms with Crippen LogP contribution in [0.1, 0.15) is 50.5 Å². The first kappa shape index (κ1) is 17.8. The summed E-state index contributed by atoms with van der Waals surface area (Å²) in [5, 5.41) is 21.0. The van der Waals surface area contributed by atoms with Crippen LogP contribution in [0.25, 0.3) is 0 Å². The van der Waals surface area contributed by atoms with E-state index in [1.165, 1.54) is 7.11 Å². The van der Waals surface area contributed by atoms with Crippen molar-refractivity contribution in [1.29, 1.82) is 5.26 Å². The summed E-state index contributed by atoms with van der Waals surface area (Å²) in [6.45, 7) is 0. The van der Waals surface area contributed by atoms with Gasteiger partial charge in [0.25, 0.3) is 0 Å². The molecule has 1 fully saturated rings. The molecule has 0 atom stereocenters. The van der Waals surface area contributed by atoms with E-state index in [2.05, 4.69) is 5.32 Å². The van der Waals surface area contributed by atoms with Gasteiger partial charge in [-0.25, -0.2) is 0 Å². The SMILES string of the molecule is COc1ccc(C#N)cc1NC(=O)CC1(CC(=O)O)CCCCC1. The quantitative estimate of drug-likeness (QED) is 0.833. The standard InChI is InChI=1S/C18H22N2O4/c1-24-15-6-5-13(12-19)9-14(15)20-16(21)10-18(11-17(22)23)7-3-2-4-8-18/h5-6,9H,2-4,7-8,10-11H2,1H3,(H,20,21)(H,22,23). The molecule has 1 aliphatic rings. The number of hydrogen-bond acceptors (Lipinski definition) is 4. The van der Waals surface area contributed by atoms with Crippen LogP contribution < -0.4 is 10.1 Å². The Hall–Kier alpha value is -2.55. The third kappa shape index (κ3) is 4.48. The second kappa shape index (κ2) is 7.82. The van der Waals surface area contributed by atoms with Gasteiger partial charge in [0.15, 0.2) is 0 Å². The van der Waals surface area contributed by atoms with Crippen molar-refractivity contribution in [3.05, 3.63) is 23.8 Å². The van der Waals surface area contributed by atoms with Crippen molar-refractivity contribution < 1.29 is 19.4 Å². The monoisotopic (exact) mass is 330 g/mol. The zero-order valence-corrected chi connectivity index (χ0v) is 13.8. The molecule has 1 aromatic carbocycles. The molecule has 0 bridgehead atoms. The lowest BCUT2D eigenvalue weighted by Crippen LogP contribution is -2.32. The number of rotatable bonds is 6. The van der Waals surface area contributed by atoms with Crippen LogP contribution in [0.2, 0.25) is 0 Å². The minimum atomic E-state index is -0.867. The second-order valence-electron chi connectivity index (χ2n) is 6.38. The molecule has 0 radical (unpaired) electrons. The van der Waals surface area contributed by atoms with Crippen LogP contribution in [-0.2, 0) is 9.59 Å². The average Bonchev–Trinajstić information content (AvgIpc) is 2.54. The molecule has 0 spiro atoms. The molecule has 6 nitrogen and oxygen atoms in total. The summed E-state index contributed by atoms with van der Waals surface area (Å²) in [5.74, 6) is -0.640. The maximum atomic E-state index is 12.5. The first-order chi connectivity index (χ1) is 11.5. The smallest absolute Gasteiger partial charge is 0.303 e. The van der Waals surface area contributed by atoms with E-state index < -0.39 is 11.4 Å². The Morgan fingerprint density at radius 3 is 2.58 bits per heavy atom. The van der Waals surface area contributed by atoms with E-state index in [-0.39, 0.29) is 18.7 Å². The van der Waals surface area contributed by atoms with Gasteiger partial charge in [-0.05, 0) is 36.5 Å². The number of nitriles is 1. The van der Waals surface area contributed by atoms with Crippen LogP contribution in [0, 0.1) is 16.7 Å². The first-order valence-corrected chi connectivity index (χ1v) is 8.08. The Kier molecular flexibility index (Phi) is 5.80. The summed E-state index contributed by atoms with van der Waals surface area (Å²) in [4.78, 5) is 23.7. The summed E-state index contributed by atoms with van der Waals surface area (Å²) in [6, 6.07) is 6.82. The summed E-state index contributed by atoms with van der Waals surface area (Å²) < 4.78 is 5.21. The molecule has 1 aromatic rings. The molecule has 1 amide bonds. The lowest BCUT2D eigenvalue weighted by atomic mass is 9.69. The van der Waals surface area contributed by atoms with Crippen LogP contribution in [-0.4, -0.2) is 24.1 Å². The Morgan fingerprint density at radius 1 is 1.29 bits per heavy atom. The Balaban J connectivity index is 2.14. The van der Waals surface area contributed by atoms with Gasteiger partial charge in [-0.3, -0.25) is 9.59 Å². The number of carbonyl (C=O) groups excluding carboxylic acids is 1. The number of ether oxygens (including phenoxy) is 1. The lowest BCUT2D eigenvalue weighted by molar-refractivity contribution is -0.140. The number of carboxylic acid groups (broad SMARTS) is 1. The topological polar surface area (TPSA) is 99.4 Å². The highest BCUT2D eigenvalue weighted by Crippen LogP contribution is 2.42. The molecule has 0 aliphatic heterocycles. The van der Waals surface area contributed by atoms with E-state index in [0.29, 0.717) is 17.0 Å². The number of amides is 1. The lowest BCUT2D eigenvalue weighted by Gasteiger charge is -2.35. The number of aliphatic carboxylic acids is 1. The van der Waals surface area contributed by atoms with Gasteiger partial charge < -0.3 is 15.2 Å². The average molecular weight is 330 g/mol. The predicted octanol–water partition coefficient (Wildman–Crippen LogP) is 3.32. The van der Waals surface area contributed by atoms with Crippen LogP contribution in [0.3, 0.4) is 0 Å². The third-order valence-corrected chi connectivity index (χ3v) is 4.58. The van der Waals surface area contributed by atoms with E-state index in [0.717, 1.165) is 32.1 Å². The maximum absolute atomic E-state index is 12.5. The van der Waals surface area contributed by atoms with Crippen LogP contribution >= 0.6 is 0 Å². The molecule has 6 heteroatoms. The Bertz CT molecular complexity index is 657. The molecule has 24 heavy (non-hydrogen) atoms. The molecule has 2 rings (SSSR count). The number of nitrogens with zero attached hydrogens (tertiary/aromatic N) is 1. The first-order valence-electron chi connectivity index (χ1n) is 8.08. The highest BCUT2D eigenvalue weighted by Gasteiger charge is 2.36. The van der Waals surface area contributed by atoms with Gasteiger partial charge in [0.2, 0.25) is 5.91 Å². The van der Waals surface area contributed by atoms with Crippen LogP contribution in [0.5, 0.6) is 5.75 Å². The molecule has 0 saturated heterocycles. The van der Waals surface area contributed by atoms with Crippen molar-refractivity contribution in [2.45, 2.75) is 44.9 Å². The van der Waals surface area contributed by atoms with Gasteiger partial charge in [-0.2, -0.15) is 5.26 Å². The van der Waals surface area contributed by atoms with E-state index in [1.54, 1.807) is 18.2 Å². The fourth-order valence-corrected chi connectivity index (χ4v) is 3.45. The van der Waals surface area contributed by atoms with Crippen molar-refractivity contribution in [2.75, 3.05) is 12.4 Å². The molecule has 128 valence electrons. The maximum Gasteiger partial charge on any atom is 0.303 e.